The first-order chi connectivity index (χ1) is 3.63. The zero-order chi connectivity index (χ0) is 6.20. The van der Waals surface area contributed by atoms with Crippen molar-refractivity contribution in [3.8, 4) is 0 Å². The zero-order valence-corrected chi connectivity index (χ0v) is 5.33. The third-order valence-corrected chi connectivity index (χ3v) is 2.53. The molecule has 1 heterocycles. The Kier molecular flexibility index (Phi) is 1.17. The monoisotopic (exact) mass is 149 g/mol. The van der Waals surface area contributed by atoms with Crippen LogP contribution in [-0.2, 0) is 9.84 Å². The van der Waals surface area contributed by atoms with Crippen LogP contribution in [0.3, 0.4) is 0 Å². The Hall–Kier alpha value is -0.280. The fraction of sp³-hybridized carbons (Fsp3) is 0. The molecule has 0 bridgehead atoms. The average Bonchev–Trinajstić information content (AvgIpc) is 1.86. The predicted molar refractivity (Wildman–Crippen MR) is 30.7 cm³/mol. The highest BCUT2D eigenvalue weighted by molar-refractivity contribution is 7.98. The molecule has 1 rings (SSSR count). The molecule has 0 spiro atoms. The maximum Gasteiger partial charge on any atom is 0.218 e. The van der Waals surface area contributed by atoms with Gasteiger partial charge < -0.3 is 0 Å². The maximum atomic E-state index is 10.4. The standard InChI is InChI=1S/C4H2ClO2S/c5-4-2-1-3-8(4,6)7/h1-2H. The van der Waals surface area contributed by atoms with Gasteiger partial charge in [0, 0.05) is 0 Å². The number of hydrogen-bond donors (Lipinski definition) is 0. The number of rotatable bonds is 0. The highest BCUT2D eigenvalue weighted by Crippen LogP contribution is 2.17. The van der Waals surface area contributed by atoms with Gasteiger partial charge in [-0.25, -0.2) is 8.42 Å². The largest absolute Gasteiger partial charge is 0.218 e. The Morgan fingerprint density at radius 2 is 2.25 bits per heavy atom. The van der Waals surface area contributed by atoms with E-state index in [1.807, 2.05) is 0 Å². The lowest BCUT2D eigenvalue weighted by Gasteiger charge is -1.82. The van der Waals surface area contributed by atoms with Gasteiger partial charge in [-0.15, -0.1) is 0 Å². The van der Waals surface area contributed by atoms with Crippen molar-refractivity contribution < 1.29 is 8.42 Å². The number of hydrogen-bond acceptors (Lipinski definition) is 2. The highest BCUT2D eigenvalue weighted by Gasteiger charge is 2.14. The molecule has 0 amide bonds. The molecule has 0 aliphatic carbocycles. The third-order valence-electron chi connectivity index (χ3n) is 0.694. The molecule has 0 fully saturated rings. The van der Waals surface area contributed by atoms with E-state index in [-0.39, 0.29) is 4.36 Å². The minimum atomic E-state index is -3.30. The van der Waals surface area contributed by atoms with Gasteiger partial charge in [-0.05, 0) is 12.2 Å². The van der Waals surface area contributed by atoms with Gasteiger partial charge in [0.25, 0.3) is 0 Å². The molecule has 2 nitrogen and oxygen atoms in total. The van der Waals surface area contributed by atoms with Gasteiger partial charge in [0.05, 0.1) is 5.41 Å². The molecule has 0 aromatic carbocycles. The molecule has 0 aromatic rings. The van der Waals surface area contributed by atoms with Crippen molar-refractivity contribution in [1.82, 2.24) is 0 Å². The van der Waals surface area contributed by atoms with Crippen LogP contribution in [0.15, 0.2) is 16.5 Å². The lowest BCUT2D eigenvalue weighted by Crippen LogP contribution is -1.88. The van der Waals surface area contributed by atoms with Gasteiger partial charge in [0.1, 0.15) is 4.36 Å². The highest BCUT2D eigenvalue weighted by atomic mass is 35.5. The van der Waals surface area contributed by atoms with E-state index in [0.29, 0.717) is 0 Å². The molecule has 0 N–H and O–H groups in total. The van der Waals surface area contributed by atoms with Crippen LogP contribution in [0.2, 0.25) is 0 Å². The predicted octanol–water partition coefficient (Wildman–Crippen LogP) is 0.812. The van der Waals surface area contributed by atoms with Crippen LogP contribution in [0.4, 0.5) is 0 Å². The lowest BCUT2D eigenvalue weighted by molar-refractivity contribution is 0.611. The van der Waals surface area contributed by atoms with Crippen LogP contribution in [-0.4, -0.2) is 8.42 Å². The fourth-order valence-corrected chi connectivity index (χ4v) is 1.14. The summed E-state index contributed by atoms with van der Waals surface area (Å²) in [7, 11) is -3.30. The SMILES string of the molecule is O=S1(=O)[C]=CC=C1Cl. The van der Waals surface area contributed by atoms with Crippen LogP contribution in [0.1, 0.15) is 0 Å². The van der Waals surface area contributed by atoms with E-state index in [1.165, 1.54) is 12.2 Å². The minimum absolute atomic E-state index is 0.155. The number of halogens is 1. The Morgan fingerprint density at radius 3 is 2.38 bits per heavy atom. The summed E-state index contributed by atoms with van der Waals surface area (Å²) in [6.07, 6.45) is 2.56. The summed E-state index contributed by atoms with van der Waals surface area (Å²) >= 11 is 5.18. The third kappa shape index (κ3) is 0.788. The number of allylic oxidation sites excluding steroid dienone is 2. The van der Waals surface area contributed by atoms with Crippen molar-refractivity contribution in [3.63, 3.8) is 0 Å². The van der Waals surface area contributed by atoms with Crippen LogP contribution >= 0.6 is 11.6 Å². The van der Waals surface area contributed by atoms with Crippen molar-refractivity contribution >= 4 is 21.4 Å². The van der Waals surface area contributed by atoms with Gasteiger partial charge in [-0.3, -0.25) is 0 Å². The molecule has 1 aliphatic rings. The normalized spacial score (nSPS) is 23.4. The summed E-state index contributed by atoms with van der Waals surface area (Å²) in [5.41, 5.74) is 0. The maximum absolute atomic E-state index is 10.4. The quantitative estimate of drug-likeness (QED) is 0.511. The molecule has 4 heteroatoms. The molecule has 1 aliphatic heterocycles. The molecule has 43 valence electrons. The van der Waals surface area contributed by atoms with Gasteiger partial charge in [-0.2, -0.15) is 0 Å². The minimum Gasteiger partial charge on any atom is -0.218 e. The van der Waals surface area contributed by atoms with Gasteiger partial charge in [0.2, 0.25) is 9.84 Å². The van der Waals surface area contributed by atoms with E-state index < -0.39 is 9.84 Å². The van der Waals surface area contributed by atoms with Crippen LogP contribution in [0.25, 0.3) is 0 Å². The average molecular weight is 150 g/mol. The molecule has 0 aromatic heterocycles. The van der Waals surface area contributed by atoms with Crippen LogP contribution in [0.5, 0.6) is 0 Å². The van der Waals surface area contributed by atoms with Gasteiger partial charge in [0.15, 0.2) is 0 Å². The van der Waals surface area contributed by atoms with E-state index in [0.717, 1.165) is 0 Å². The topological polar surface area (TPSA) is 34.1 Å². The summed E-state index contributed by atoms with van der Waals surface area (Å²) in [6, 6.07) is 0. The molecule has 8 heavy (non-hydrogen) atoms. The second kappa shape index (κ2) is 1.60. The summed E-state index contributed by atoms with van der Waals surface area (Å²) in [5, 5.41) is 2.07. The molecular formula is C4H2ClO2S. The number of sulfone groups is 1. The van der Waals surface area contributed by atoms with Crippen molar-refractivity contribution in [1.29, 1.82) is 0 Å². The second-order valence-corrected chi connectivity index (χ2v) is 3.57. The molecule has 0 saturated carbocycles. The fourth-order valence-electron chi connectivity index (χ4n) is 0.335. The Bertz CT molecular complexity index is 247. The smallest absolute Gasteiger partial charge is 0.218 e. The zero-order valence-electron chi connectivity index (χ0n) is 3.76. The second-order valence-electron chi connectivity index (χ2n) is 1.26. The molecule has 0 unspecified atom stereocenters. The van der Waals surface area contributed by atoms with Crippen molar-refractivity contribution in [2.75, 3.05) is 0 Å². The first-order valence-electron chi connectivity index (χ1n) is 1.84. The summed E-state index contributed by atoms with van der Waals surface area (Å²) in [5.74, 6) is 0. The lowest BCUT2D eigenvalue weighted by atomic mass is 10.6. The van der Waals surface area contributed by atoms with E-state index in [1.54, 1.807) is 0 Å². The van der Waals surface area contributed by atoms with Crippen molar-refractivity contribution in [3.05, 3.63) is 21.9 Å². The molecule has 0 atom stereocenters. The first-order valence-corrected chi connectivity index (χ1v) is 3.70. The summed E-state index contributed by atoms with van der Waals surface area (Å²) < 4.78 is 20.7. The van der Waals surface area contributed by atoms with E-state index in [9.17, 15) is 8.42 Å². The van der Waals surface area contributed by atoms with Gasteiger partial charge in [-0.1, -0.05) is 11.6 Å². The molecule has 0 saturated heterocycles. The van der Waals surface area contributed by atoms with Crippen LogP contribution in [0, 0.1) is 5.41 Å². The summed E-state index contributed by atoms with van der Waals surface area (Å²) in [4.78, 5) is 0. The van der Waals surface area contributed by atoms with Gasteiger partial charge >= 0.3 is 0 Å². The van der Waals surface area contributed by atoms with Crippen molar-refractivity contribution in [2.24, 2.45) is 0 Å². The van der Waals surface area contributed by atoms with E-state index in [2.05, 4.69) is 5.41 Å². The Balaban J connectivity index is 3.26. The van der Waals surface area contributed by atoms with Crippen LogP contribution < -0.4 is 0 Å². The van der Waals surface area contributed by atoms with Crippen molar-refractivity contribution in [2.45, 2.75) is 0 Å². The summed E-state index contributed by atoms with van der Waals surface area (Å²) in [6.45, 7) is 0. The van der Waals surface area contributed by atoms with E-state index in [4.69, 9.17) is 11.6 Å². The first kappa shape index (κ1) is 5.85. The Labute approximate surface area is 52.4 Å². The molecule has 1 radical (unpaired) electrons. The molecular weight excluding hydrogens is 148 g/mol. The van der Waals surface area contributed by atoms with E-state index >= 15 is 0 Å². The Morgan fingerprint density at radius 1 is 1.62 bits per heavy atom.